The third-order valence-corrected chi connectivity index (χ3v) is 5.85. The molecule has 0 spiro atoms. The summed E-state index contributed by atoms with van der Waals surface area (Å²) in [5, 5.41) is 2.00. The maximum absolute atomic E-state index is 10.9. The molecule has 2 aliphatic rings. The average molecular weight is 432 g/mol. The lowest BCUT2D eigenvalue weighted by molar-refractivity contribution is -0.117. The second kappa shape index (κ2) is 11.0. The molecule has 30 heavy (non-hydrogen) atoms. The Bertz CT molecular complexity index is 951. The molecule has 1 saturated carbocycles. The Morgan fingerprint density at radius 1 is 1.33 bits per heavy atom. The molecule has 0 aromatic carbocycles. The van der Waals surface area contributed by atoms with E-state index in [0.29, 0.717) is 18.9 Å². The minimum Gasteiger partial charge on any atom is -0.464 e. The van der Waals surface area contributed by atoms with Crippen LogP contribution in [0.1, 0.15) is 63.2 Å². The molecule has 3 aromatic heterocycles. The minimum absolute atomic E-state index is 0. The Hall–Kier alpha value is -2.51. The van der Waals surface area contributed by atoms with Gasteiger partial charge in [-0.15, -0.1) is 0 Å². The van der Waals surface area contributed by atoms with Crippen LogP contribution in [0, 0.1) is 5.92 Å². The highest BCUT2D eigenvalue weighted by atomic mass is 32.1. The summed E-state index contributed by atoms with van der Waals surface area (Å²) >= 11 is 1.55. The van der Waals surface area contributed by atoms with Crippen molar-refractivity contribution in [1.29, 1.82) is 0 Å². The number of furan rings is 2. The summed E-state index contributed by atoms with van der Waals surface area (Å²) in [6.45, 7) is 4.46. The average Bonchev–Trinajstić information content (AvgIpc) is 3.41. The fourth-order valence-corrected chi connectivity index (χ4v) is 4.22. The molecule has 1 unspecified atom stereocenters. The summed E-state index contributed by atoms with van der Waals surface area (Å²) in [7, 11) is 0. The van der Waals surface area contributed by atoms with Gasteiger partial charge in [0.1, 0.15) is 17.2 Å². The van der Waals surface area contributed by atoms with Crippen molar-refractivity contribution in [1.82, 2.24) is 4.37 Å². The van der Waals surface area contributed by atoms with E-state index in [0.717, 1.165) is 35.0 Å². The van der Waals surface area contributed by atoms with Gasteiger partial charge in [0.15, 0.2) is 5.76 Å². The maximum Gasteiger partial charge on any atom is 0.221 e. The Balaban J connectivity index is 0.000000202. The first-order valence-corrected chi connectivity index (χ1v) is 11.0. The van der Waals surface area contributed by atoms with Gasteiger partial charge in [0.25, 0.3) is 0 Å². The molecule has 5 rings (SSSR count). The summed E-state index contributed by atoms with van der Waals surface area (Å²) in [5.41, 5.74) is 15.3. The number of aromatic amines is 1. The van der Waals surface area contributed by atoms with Crippen LogP contribution >= 0.6 is 11.5 Å². The van der Waals surface area contributed by atoms with Crippen molar-refractivity contribution in [2.24, 2.45) is 17.4 Å². The third-order valence-electron chi connectivity index (χ3n) is 5.16. The second-order valence-corrected chi connectivity index (χ2v) is 7.66. The zero-order valence-corrected chi connectivity index (χ0v) is 17.8. The number of primary amides is 1. The molecule has 2 aliphatic carbocycles. The number of aromatic nitrogens is 1. The van der Waals surface area contributed by atoms with Crippen molar-refractivity contribution >= 4 is 23.5 Å². The first kappa shape index (κ1) is 23.8. The highest BCUT2D eigenvalue weighted by molar-refractivity contribution is 7.05. The lowest BCUT2D eigenvalue weighted by atomic mass is 9.87. The Kier molecular flexibility index (Phi) is 8.74. The van der Waals surface area contributed by atoms with Crippen LogP contribution in [0.5, 0.6) is 0 Å². The van der Waals surface area contributed by atoms with Gasteiger partial charge in [0.2, 0.25) is 5.91 Å². The Morgan fingerprint density at radius 3 is 2.70 bits per heavy atom. The molecule has 1 fully saturated rings. The van der Waals surface area contributed by atoms with Gasteiger partial charge in [-0.1, -0.05) is 38.4 Å². The first-order chi connectivity index (χ1) is 14.1. The van der Waals surface area contributed by atoms with E-state index in [-0.39, 0.29) is 13.3 Å². The molecular formula is C23H33N3O3S. The van der Waals surface area contributed by atoms with Crippen LogP contribution in [0.3, 0.4) is 0 Å². The van der Waals surface area contributed by atoms with Crippen molar-refractivity contribution in [3.63, 3.8) is 0 Å². The number of carbonyl (C=O) groups excluding carboxylic acids is 1. The van der Waals surface area contributed by atoms with Crippen molar-refractivity contribution in [3.05, 3.63) is 52.0 Å². The van der Waals surface area contributed by atoms with Crippen molar-refractivity contribution < 1.29 is 13.6 Å². The SMILES string of the molecule is C.CC.NC(=O)Cc1coc2c1CC1CCCC1=C2.NCc1ccc(-c2cs[nH]2)o1. The van der Waals surface area contributed by atoms with Crippen molar-refractivity contribution in [3.8, 4) is 11.5 Å². The molecule has 3 aromatic rings. The predicted octanol–water partition coefficient (Wildman–Crippen LogP) is 5.50. The third kappa shape index (κ3) is 5.34. The van der Waals surface area contributed by atoms with Gasteiger partial charge in [-0.05, 0) is 49.8 Å². The number of rotatable bonds is 4. The Labute approximate surface area is 182 Å². The van der Waals surface area contributed by atoms with Gasteiger partial charge >= 0.3 is 0 Å². The van der Waals surface area contributed by atoms with Gasteiger partial charge in [-0.25, -0.2) is 0 Å². The molecule has 0 bridgehead atoms. The first-order valence-electron chi connectivity index (χ1n) is 10.1. The van der Waals surface area contributed by atoms with E-state index in [9.17, 15) is 4.79 Å². The number of H-pyrrole nitrogens is 1. The van der Waals surface area contributed by atoms with Gasteiger partial charge < -0.3 is 24.7 Å². The van der Waals surface area contributed by atoms with Crippen LogP contribution in [0.2, 0.25) is 0 Å². The van der Waals surface area contributed by atoms with Crippen LogP contribution in [-0.4, -0.2) is 10.3 Å². The lowest BCUT2D eigenvalue weighted by Gasteiger charge is -2.17. The van der Waals surface area contributed by atoms with E-state index >= 15 is 0 Å². The number of nitrogens with one attached hydrogen (secondary N) is 1. The normalized spacial score (nSPS) is 16.1. The highest BCUT2D eigenvalue weighted by Gasteiger charge is 2.29. The largest absolute Gasteiger partial charge is 0.464 e. The van der Waals surface area contributed by atoms with Crippen molar-refractivity contribution in [2.45, 2.75) is 59.9 Å². The molecule has 0 aliphatic heterocycles. The molecular weight excluding hydrogens is 398 g/mol. The minimum atomic E-state index is -0.287. The lowest BCUT2D eigenvalue weighted by Crippen LogP contribution is -2.15. The summed E-state index contributed by atoms with van der Waals surface area (Å²) in [6, 6.07) is 3.81. The van der Waals surface area contributed by atoms with Crippen LogP contribution < -0.4 is 11.5 Å². The molecule has 7 heteroatoms. The zero-order chi connectivity index (χ0) is 20.8. The van der Waals surface area contributed by atoms with E-state index in [1.54, 1.807) is 17.8 Å². The number of fused-ring (bicyclic) bond motifs is 2. The molecule has 164 valence electrons. The summed E-state index contributed by atoms with van der Waals surface area (Å²) < 4.78 is 13.9. The molecule has 1 amide bonds. The van der Waals surface area contributed by atoms with E-state index in [1.165, 1.54) is 30.4 Å². The molecule has 0 saturated heterocycles. The highest BCUT2D eigenvalue weighted by Crippen LogP contribution is 2.41. The summed E-state index contributed by atoms with van der Waals surface area (Å²) in [4.78, 5) is 10.9. The number of hydrogen-bond acceptors (Lipinski definition) is 5. The summed E-state index contributed by atoms with van der Waals surface area (Å²) in [5.74, 6) is 3.02. The fraction of sp³-hybridized carbons (Fsp3) is 0.435. The van der Waals surface area contributed by atoms with E-state index in [1.807, 2.05) is 31.4 Å². The van der Waals surface area contributed by atoms with Crippen molar-refractivity contribution in [2.75, 3.05) is 0 Å². The maximum atomic E-state index is 10.9. The smallest absolute Gasteiger partial charge is 0.221 e. The molecule has 3 heterocycles. The van der Waals surface area contributed by atoms with Gasteiger partial charge in [0.05, 0.1) is 19.2 Å². The topological polar surface area (TPSA) is 111 Å². The van der Waals surface area contributed by atoms with Gasteiger partial charge in [-0.3, -0.25) is 4.79 Å². The zero-order valence-electron chi connectivity index (χ0n) is 17.0. The van der Waals surface area contributed by atoms with Crippen LogP contribution in [0.4, 0.5) is 0 Å². The van der Waals surface area contributed by atoms with Crippen LogP contribution in [-0.2, 0) is 24.2 Å². The number of carbonyl (C=O) groups is 1. The predicted molar refractivity (Wildman–Crippen MR) is 123 cm³/mol. The monoisotopic (exact) mass is 431 g/mol. The van der Waals surface area contributed by atoms with E-state index in [4.69, 9.17) is 20.3 Å². The number of amides is 1. The number of nitrogens with two attached hydrogens (primary N) is 2. The van der Waals surface area contributed by atoms with Crippen LogP contribution in [0.25, 0.3) is 17.5 Å². The molecule has 1 atom stereocenters. The standard InChI is InChI=1S/C13H15NO2.C7H8N2OS.C2H6.CH4/c14-13(15)6-10-7-16-12-5-9-3-1-2-8(9)4-11(10)12;8-3-5-1-2-7(10-5)6-4-11-9-6;1-2;/h5,7-8H,1-4,6H2,(H2,14,15);1-2,4,9H,3,8H2;1-2H3;1H4. The summed E-state index contributed by atoms with van der Waals surface area (Å²) in [6.07, 6.45) is 8.94. The van der Waals surface area contributed by atoms with E-state index in [2.05, 4.69) is 10.4 Å². The number of allylic oxidation sites excluding steroid dienone is 1. The van der Waals surface area contributed by atoms with E-state index < -0.39 is 0 Å². The van der Waals surface area contributed by atoms with Crippen LogP contribution in [0.15, 0.2) is 38.2 Å². The molecule has 0 radical (unpaired) electrons. The fourth-order valence-electron chi connectivity index (χ4n) is 3.76. The number of hydrogen-bond donors (Lipinski definition) is 3. The molecule has 6 nitrogen and oxygen atoms in total. The quantitative estimate of drug-likeness (QED) is 0.506. The Morgan fingerprint density at radius 2 is 2.10 bits per heavy atom. The second-order valence-electron chi connectivity index (χ2n) is 6.98. The van der Waals surface area contributed by atoms with Gasteiger partial charge in [-0.2, -0.15) is 0 Å². The van der Waals surface area contributed by atoms with Gasteiger partial charge in [0, 0.05) is 16.5 Å². The molecule has 5 N–H and O–H groups in total.